The second-order valence-corrected chi connectivity index (χ2v) is 5.52. The molecule has 0 radical (unpaired) electrons. The van der Waals surface area contributed by atoms with Crippen molar-refractivity contribution in [1.82, 2.24) is 10.6 Å². The fourth-order valence-corrected chi connectivity index (χ4v) is 2.84. The van der Waals surface area contributed by atoms with Gasteiger partial charge in [-0.3, -0.25) is 4.79 Å². The lowest BCUT2D eigenvalue weighted by molar-refractivity contribution is -0.122. The van der Waals surface area contributed by atoms with Crippen molar-refractivity contribution in [3.8, 4) is 0 Å². The molecule has 4 nitrogen and oxygen atoms in total. The number of rotatable bonds is 5. The first-order valence-electron chi connectivity index (χ1n) is 6.99. The highest BCUT2D eigenvalue weighted by Crippen LogP contribution is 2.32. The third-order valence-electron chi connectivity index (χ3n) is 4.12. The van der Waals surface area contributed by atoms with Gasteiger partial charge in [-0.25, -0.2) is 0 Å². The number of amides is 1. The van der Waals surface area contributed by atoms with E-state index in [9.17, 15) is 9.90 Å². The largest absolute Gasteiger partial charge is 0.395 e. The number of nitrogens with one attached hydrogen (secondary N) is 2. The fraction of sp³-hybridized carbons (Fsp3) is 0.533. The zero-order chi connectivity index (χ0) is 13.2. The number of benzene rings is 1. The summed E-state index contributed by atoms with van der Waals surface area (Å²) in [6, 6.07) is 10.5. The van der Waals surface area contributed by atoms with Gasteiger partial charge in [-0.05, 0) is 18.4 Å². The second-order valence-electron chi connectivity index (χ2n) is 5.52. The van der Waals surface area contributed by atoms with E-state index in [0.717, 1.165) is 12.8 Å². The maximum atomic E-state index is 11.7. The average Bonchev–Trinajstić information content (AvgIpc) is 3.23. The van der Waals surface area contributed by atoms with E-state index in [1.165, 1.54) is 5.56 Å². The first-order chi connectivity index (χ1) is 9.29. The highest BCUT2D eigenvalue weighted by atomic mass is 16.3. The zero-order valence-corrected chi connectivity index (χ0v) is 10.9. The third-order valence-corrected chi connectivity index (χ3v) is 4.12. The molecular formula is C15H20N2O2. The Balaban J connectivity index is 1.60. The van der Waals surface area contributed by atoms with Gasteiger partial charge < -0.3 is 15.7 Å². The van der Waals surface area contributed by atoms with Gasteiger partial charge in [0, 0.05) is 30.5 Å². The topological polar surface area (TPSA) is 61.4 Å². The van der Waals surface area contributed by atoms with Gasteiger partial charge in [0.25, 0.3) is 0 Å². The molecule has 3 rings (SSSR count). The van der Waals surface area contributed by atoms with Crippen molar-refractivity contribution in [3.05, 3.63) is 35.9 Å². The molecular weight excluding hydrogens is 240 g/mol. The molecule has 1 aliphatic heterocycles. The second kappa shape index (κ2) is 5.31. The molecule has 1 aromatic carbocycles. The molecule has 0 aromatic heterocycles. The lowest BCUT2D eigenvalue weighted by Gasteiger charge is -2.46. The molecule has 3 atom stereocenters. The molecule has 19 heavy (non-hydrogen) atoms. The molecule has 1 saturated heterocycles. The minimum absolute atomic E-state index is 0.102. The van der Waals surface area contributed by atoms with E-state index in [1.54, 1.807) is 0 Å². The van der Waals surface area contributed by atoms with E-state index in [-0.39, 0.29) is 36.4 Å². The smallest absolute Gasteiger partial charge is 0.223 e. The molecule has 1 heterocycles. The monoisotopic (exact) mass is 260 g/mol. The Morgan fingerprint density at radius 1 is 1.26 bits per heavy atom. The molecule has 3 N–H and O–H groups in total. The molecule has 0 bridgehead atoms. The first kappa shape index (κ1) is 12.6. The quantitative estimate of drug-likeness (QED) is 0.727. The summed E-state index contributed by atoms with van der Waals surface area (Å²) in [5.41, 5.74) is 1.23. The van der Waals surface area contributed by atoms with Crippen molar-refractivity contribution >= 4 is 5.91 Å². The molecule has 1 saturated carbocycles. The van der Waals surface area contributed by atoms with Gasteiger partial charge >= 0.3 is 0 Å². The predicted molar refractivity (Wildman–Crippen MR) is 72.7 cm³/mol. The van der Waals surface area contributed by atoms with Gasteiger partial charge in [0.05, 0.1) is 6.61 Å². The summed E-state index contributed by atoms with van der Waals surface area (Å²) in [6.45, 7) is 0.776. The Labute approximate surface area is 113 Å². The SMILES string of the molecule is O=C(NC[C@@H]1N[C@@H](CO)[C@H]1c1ccccc1)C1CC1. The van der Waals surface area contributed by atoms with Crippen LogP contribution in [0.4, 0.5) is 0 Å². The lowest BCUT2D eigenvalue weighted by atomic mass is 9.77. The van der Waals surface area contributed by atoms with E-state index < -0.39 is 0 Å². The Kier molecular flexibility index (Phi) is 3.53. The Morgan fingerprint density at radius 2 is 2.00 bits per heavy atom. The maximum absolute atomic E-state index is 11.7. The number of hydrogen-bond donors (Lipinski definition) is 3. The van der Waals surface area contributed by atoms with Gasteiger partial charge in [0.1, 0.15) is 0 Å². The van der Waals surface area contributed by atoms with Crippen LogP contribution in [0, 0.1) is 5.92 Å². The van der Waals surface area contributed by atoms with Crippen LogP contribution in [-0.2, 0) is 4.79 Å². The molecule has 4 heteroatoms. The maximum Gasteiger partial charge on any atom is 0.223 e. The van der Waals surface area contributed by atoms with E-state index >= 15 is 0 Å². The molecule has 0 unspecified atom stereocenters. The molecule has 0 spiro atoms. The predicted octanol–water partition coefficient (Wildman–Crippen LogP) is 0.629. The van der Waals surface area contributed by atoms with E-state index in [2.05, 4.69) is 22.8 Å². The number of carbonyl (C=O) groups is 1. The van der Waals surface area contributed by atoms with Crippen LogP contribution >= 0.6 is 0 Å². The summed E-state index contributed by atoms with van der Waals surface area (Å²) in [4.78, 5) is 11.7. The van der Waals surface area contributed by atoms with Crippen molar-refractivity contribution in [2.45, 2.75) is 30.8 Å². The summed E-state index contributed by atoms with van der Waals surface area (Å²) in [6.07, 6.45) is 2.07. The van der Waals surface area contributed by atoms with Crippen molar-refractivity contribution in [1.29, 1.82) is 0 Å². The third kappa shape index (κ3) is 2.65. The van der Waals surface area contributed by atoms with Crippen LogP contribution in [0.5, 0.6) is 0 Å². The number of aliphatic hydroxyl groups is 1. The van der Waals surface area contributed by atoms with Crippen LogP contribution in [-0.4, -0.2) is 36.2 Å². The minimum Gasteiger partial charge on any atom is -0.395 e. The number of carbonyl (C=O) groups excluding carboxylic acids is 1. The van der Waals surface area contributed by atoms with E-state index in [4.69, 9.17) is 0 Å². The first-order valence-corrected chi connectivity index (χ1v) is 6.99. The average molecular weight is 260 g/mol. The molecule has 2 aliphatic rings. The van der Waals surface area contributed by atoms with Crippen LogP contribution in [0.15, 0.2) is 30.3 Å². The Bertz CT molecular complexity index is 445. The van der Waals surface area contributed by atoms with Crippen molar-refractivity contribution in [2.75, 3.05) is 13.2 Å². The molecule has 1 aliphatic carbocycles. The van der Waals surface area contributed by atoms with Crippen LogP contribution < -0.4 is 10.6 Å². The minimum atomic E-state index is 0.102. The van der Waals surface area contributed by atoms with E-state index in [1.807, 2.05) is 18.2 Å². The Hall–Kier alpha value is -1.39. The summed E-state index contributed by atoms with van der Waals surface area (Å²) in [5.74, 6) is 0.718. The molecule has 1 amide bonds. The van der Waals surface area contributed by atoms with Crippen molar-refractivity contribution < 1.29 is 9.90 Å². The summed E-state index contributed by atoms with van der Waals surface area (Å²) in [7, 11) is 0. The standard InChI is InChI=1S/C15H20N2O2/c18-9-13-14(10-4-2-1-3-5-10)12(17-13)8-16-15(19)11-6-7-11/h1-5,11-14,17-18H,6-9H2,(H,16,19)/t12-,13-,14-/m0/s1. The number of aliphatic hydroxyl groups excluding tert-OH is 1. The molecule has 102 valence electrons. The fourth-order valence-electron chi connectivity index (χ4n) is 2.84. The van der Waals surface area contributed by atoms with Gasteiger partial charge in [0.2, 0.25) is 5.91 Å². The summed E-state index contributed by atoms with van der Waals surface area (Å²) < 4.78 is 0. The molecule has 1 aromatic rings. The van der Waals surface area contributed by atoms with Gasteiger partial charge in [-0.15, -0.1) is 0 Å². The molecule has 2 fully saturated rings. The van der Waals surface area contributed by atoms with Gasteiger partial charge in [-0.2, -0.15) is 0 Å². The Morgan fingerprint density at radius 3 is 2.63 bits per heavy atom. The normalized spacial score (nSPS) is 29.6. The highest BCUT2D eigenvalue weighted by Gasteiger charge is 2.41. The van der Waals surface area contributed by atoms with Gasteiger partial charge in [0.15, 0.2) is 0 Å². The lowest BCUT2D eigenvalue weighted by Crippen LogP contribution is -2.64. The highest BCUT2D eigenvalue weighted by molar-refractivity contribution is 5.80. The summed E-state index contributed by atoms with van der Waals surface area (Å²) >= 11 is 0. The van der Waals surface area contributed by atoms with Crippen LogP contribution in [0.3, 0.4) is 0 Å². The van der Waals surface area contributed by atoms with Crippen LogP contribution in [0.2, 0.25) is 0 Å². The van der Waals surface area contributed by atoms with Crippen LogP contribution in [0.1, 0.15) is 24.3 Å². The number of hydrogen-bond acceptors (Lipinski definition) is 3. The van der Waals surface area contributed by atoms with Crippen molar-refractivity contribution in [3.63, 3.8) is 0 Å². The van der Waals surface area contributed by atoms with Crippen LogP contribution in [0.25, 0.3) is 0 Å². The van der Waals surface area contributed by atoms with E-state index in [0.29, 0.717) is 6.54 Å². The van der Waals surface area contributed by atoms with Gasteiger partial charge in [-0.1, -0.05) is 30.3 Å². The zero-order valence-electron chi connectivity index (χ0n) is 10.9. The summed E-state index contributed by atoms with van der Waals surface area (Å²) in [5, 5.41) is 15.7. The van der Waals surface area contributed by atoms with Crippen molar-refractivity contribution in [2.24, 2.45) is 5.92 Å².